The highest BCUT2D eigenvalue weighted by atomic mass is 16.2. The van der Waals surface area contributed by atoms with Gasteiger partial charge in [-0.05, 0) is 56.9 Å². The first-order valence-corrected chi connectivity index (χ1v) is 14.9. The summed E-state index contributed by atoms with van der Waals surface area (Å²) >= 11 is 0. The van der Waals surface area contributed by atoms with E-state index < -0.39 is 41.9 Å². The van der Waals surface area contributed by atoms with Gasteiger partial charge in [0, 0.05) is 19.6 Å². The largest absolute Gasteiger partial charge is 0.370 e. The first-order valence-electron chi connectivity index (χ1n) is 14.9. The van der Waals surface area contributed by atoms with Crippen LogP contribution in [0.25, 0.3) is 0 Å². The number of nitrogens with one attached hydrogen (secondary N) is 4. The fraction of sp³-hybridized carbons (Fsp3) is 0.586. The van der Waals surface area contributed by atoms with Gasteiger partial charge in [0.05, 0.1) is 6.04 Å². The van der Waals surface area contributed by atoms with Crippen LogP contribution in [0.2, 0.25) is 0 Å². The molecule has 0 aromatic heterocycles. The number of carbonyl (C=O) groups excluding carboxylic acids is 4. The number of likely N-dealkylation sites (N-methyl/N-ethyl adjacent to an activating group) is 1. The molecular formula is C29H51N11O4. The van der Waals surface area contributed by atoms with Crippen molar-refractivity contribution in [1.82, 2.24) is 21.3 Å². The molecule has 0 spiro atoms. The van der Waals surface area contributed by atoms with Crippen molar-refractivity contribution < 1.29 is 19.2 Å². The average molecular weight is 618 g/mol. The van der Waals surface area contributed by atoms with Crippen LogP contribution >= 0.6 is 0 Å². The van der Waals surface area contributed by atoms with Crippen LogP contribution in [-0.4, -0.2) is 79.3 Å². The minimum atomic E-state index is -1.05. The Labute approximate surface area is 259 Å². The van der Waals surface area contributed by atoms with Crippen molar-refractivity contribution in [1.29, 1.82) is 0 Å². The number of amides is 4. The Kier molecular flexibility index (Phi) is 17.5. The molecule has 246 valence electrons. The van der Waals surface area contributed by atoms with Crippen LogP contribution in [0.4, 0.5) is 0 Å². The van der Waals surface area contributed by atoms with Crippen LogP contribution in [0, 0.1) is 5.92 Å². The maximum absolute atomic E-state index is 13.5. The van der Waals surface area contributed by atoms with E-state index >= 15 is 0 Å². The number of hydrogen-bond donors (Lipinski definition) is 9. The monoisotopic (exact) mass is 617 g/mol. The van der Waals surface area contributed by atoms with Crippen LogP contribution in [0.1, 0.15) is 58.4 Å². The Morgan fingerprint density at radius 3 is 1.68 bits per heavy atom. The maximum atomic E-state index is 13.5. The highest BCUT2D eigenvalue weighted by Gasteiger charge is 2.30. The van der Waals surface area contributed by atoms with Crippen molar-refractivity contribution in [3.63, 3.8) is 0 Å². The van der Waals surface area contributed by atoms with E-state index in [1.807, 2.05) is 44.2 Å². The quantitative estimate of drug-likeness (QED) is 0.0457. The summed E-state index contributed by atoms with van der Waals surface area (Å²) < 4.78 is 0. The van der Waals surface area contributed by atoms with E-state index in [0.29, 0.717) is 32.2 Å². The predicted octanol–water partition coefficient (Wildman–Crippen LogP) is -1.70. The molecule has 0 heterocycles. The summed E-state index contributed by atoms with van der Waals surface area (Å²) in [5.41, 5.74) is 28.6. The molecule has 0 aliphatic heterocycles. The smallest absolute Gasteiger partial charge is 0.243 e. The zero-order chi connectivity index (χ0) is 33.1. The second-order valence-corrected chi connectivity index (χ2v) is 10.9. The lowest BCUT2D eigenvalue weighted by Crippen LogP contribution is -2.58. The molecule has 0 saturated carbocycles. The number of carbonyl (C=O) groups is 4. The van der Waals surface area contributed by atoms with Gasteiger partial charge >= 0.3 is 0 Å². The Hall–Kier alpha value is -4.40. The van der Waals surface area contributed by atoms with Crippen molar-refractivity contribution >= 4 is 35.5 Å². The molecule has 15 nitrogen and oxygen atoms in total. The number of nitrogens with zero attached hydrogens (tertiary/aromatic N) is 2. The summed E-state index contributed by atoms with van der Waals surface area (Å²) in [6.07, 6.45) is 1.81. The van der Waals surface area contributed by atoms with Gasteiger partial charge in [-0.25, -0.2) is 0 Å². The molecule has 44 heavy (non-hydrogen) atoms. The summed E-state index contributed by atoms with van der Waals surface area (Å²) in [7, 11) is 0. The molecule has 4 atom stereocenters. The fourth-order valence-corrected chi connectivity index (χ4v) is 4.33. The van der Waals surface area contributed by atoms with Crippen molar-refractivity contribution in [3.05, 3.63) is 35.9 Å². The van der Waals surface area contributed by atoms with Crippen LogP contribution in [0.5, 0.6) is 0 Å². The van der Waals surface area contributed by atoms with Crippen molar-refractivity contribution in [2.75, 3.05) is 19.6 Å². The van der Waals surface area contributed by atoms with E-state index in [1.165, 1.54) is 0 Å². The normalized spacial score (nSPS) is 13.5. The lowest BCUT2D eigenvalue weighted by molar-refractivity contribution is -0.134. The van der Waals surface area contributed by atoms with E-state index in [-0.39, 0.29) is 49.7 Å². The fourth-order valence-electron chi connectivity index (χ4n) is 4.33. The van der Waals surface area contributed by atoms with E-state index in [2.05, 4.69) is 31.3 Å². The van der Waals surface area contributed by atoms with Gasteiger partial charge < -0.3 is 49.9 Å². The highest BCUT2D eigenvalue weighted by Crippen LogP contribution is 2.09. The molecule has 1 aromatic carbocycles. The van der Waals surface area contributed by atoms with Crippen LogP contribution in [-0.2, 0) is 25.6 Å². The molecule has 0 unspecified atom stereocenters. The summed E-state index contributed by atoms with van der Waals surface area (Å²) in [4.78, 5) is 60.6. The van der Waals surface area contributed by atoms with Gasteiger partial charge in [-0.15, -0.1) is 0 Å². The number of nitrogens with two attached hydrogens (primary N) is 5. The van der Waals surface area contributed by atoms with Crippen LogP contribution < -0.4 is 49.9 Å². The Bertz CT molecular complexity index is 1100. The molecule has 0 aliphatic rings. The molecule has 14 N–H and O–H groups in total. The zero-order valence-electron chi connectivity index (χ0n) is 26.1. The molecule has 0 bridgehead atoms. The zero-order valence-corrected chi connectivity index (χ0v) is 26.1. The summed E-state index contributed by atoms with van der Waals surface area (Å²) in [6, 6.07) is 5.55. The standard InChI is InChI=1S/C29H51N11O4/c1-4-35-25(42)21(12-8-14-36-28(31)32)38-26(43)22(13-9-15-37-29(33)34)39-27(44)23(16-18(2)3)40-24(41)20(30)17-19-10-6-5-7-11-19/h5-7,10-11,18,20-23H,4,8-9,12-17,30H2,1-3H3,(H,35,42)(H,38,43)(H,39,44)(H,40,41)(H4,31,32,36)(H4,33,34,37)/t20-,21-,22-,23-/m0/s1. The molecule has 0 radical (unpaired) electrons. The number of benzene rings is 1. The van der Waals surface area contributed by atoms with Gasteiger partial charge in [-0.2, -0.15) is 0 Å². The summed E-state index contributed by atoms with van der Waals surface area (Å²) in [5.74, 6) is -2.12. The molecule has 0 saturated heterocycles. The number of guanidine groups is 2. The molecule has 4 amide bonds. The van der Waals surface area contributed by atoms with E-state index in [1.54, 1.807) is 6.92 Å². The lowest BCUT2D eigenvalue weighted by atomic mass is 10.0. The lowest BCUT2D eigenvalue weighted by Gasteiger charge is -2.26. The Morgan fingerprint density at radius 1 is 0.727 bits per heavy atom. The number of rotatable bonds is 20. The molecule has 0 fully saturated rings. The van der Waals surface area contributed by atoms with Gasteiger partial charge in [-0.3, -0.25) is 29.2 Å². The first kappa shape index (κ1) is 37.6. The van der Waals surface area contributed by atoms with Crippen molar-refractivity contribution in [3.8, 4) is 0 Å². The molecule has 0 aliphatic carbocycles. The Balaban J connectivity index is 3.09. The number of hydrogen-bond acceptors (Lipinski definition) is 7. The average Bonchev–Trinajstić information content (AvgIpc) is 2.95. The summed E-state index contributed by atoms with van der Waals surface area (Å²) in [6.45, 7) is 6.44. The second kappa shape index (κ2) is 20.5. The minimum Gasteiger partial charge on any atom is -0.370 e. The third-order valence-electron chi connectivity index (χ3n) is 6.48. The maximum Gasteiger partial charge on any atom is 0.243 e. The summed E-state index contributed by atoms with van der Waals surface area (Å²) in [5, 5.41) is 11.0. The second-order valence-electron chi connectivity index (χ2n) is 10.9. The third-order valence-corrected chi connectivity index (χ3v) is 6.48. The van der Waals surface area contributed by atoms with Gasteiger partial charge in [-0.1, -0.05) is 44.2 Å². The van der Waals surface area contributed by atoms with Gasteiger partial charge in [0.1, 0.15) is 18.1 Å². The van der Waals surface area contributed by atoms with Crippen LogP contribution in [0.15, 0.2) is 40.3 Å². The molecule has 1 aromatic rings. The molecular weight excluding hydrogens is 566 g/mol. The highest BCUT2D eigenvalue weighted by molar-refractivity contribution is 5.94. The SMILES string of the molecule is CCNC(=O)[C@H](CCCN=C(N)N)NC(=O)[C@H](CCCN=C(N)N)NC(=O)[C@H](CC(C)C)NC(=O)[C@@H](N)Cc1ccccc1. The van der Waals surface area contributed by atoms with Gasteiger partial charge in [0.25, 0.3) is 0 Å². The Morgan fingerprint density at radius 2 is 1.20 bits per heavy atom. The van der Waals surface area contributed by atoms with Gasteiger partial charge in [0.15, 0.2) is 11.9 Å². The van der Waals surface area contributed by atoms with E-state index in [4.69, 9.17) is 28.7 Å². The van der Waals surface area contributed by atoms with Gasteiger partial charge in [0.2, 0.25) is 23.6 Å². The minimum absolute atomic E-state index is 0.0397. The van der Waals surface area contributed by atoms with Crippen LogP contribution in [0.3, 0.4) is 0 Å². The first-order chi connectivity index (χ1) is 20.8. The topological polar surface area (TPSA) is 271 Å². The van der Waals surface area contributed by atoms with Crippen molar-refractivity contribution in [2.45, 2.75) is 83.5 Å². The molecule has 1 rings (SSSR count). The third kappa shape index (κ3) is 15.7. The predicted molar refractivity (Wildman–Crippen MR) is 172 cm³/mol. The van der Waals surface area contributed by atoms with E-state index in [9.17, 15) is 19.2 Å². The van der Waals surface area contributed by atoms with Crippen molar-refractivity contribution in [2.24, 2.45) is 44.6 Å². The number of aliphatic imine (C=N–C) groups is 2. The van der Waals surface area contributed by atoms with E-state index in [0.717, 1.165) is 5.56 Å². The molecule has 15 heteroatoms.